The zero-order valence-corrected chi connectivity index (χ0v) is 9.13. The van der Waals surface area contributed by atoms with Gasteiger partial charge in [-0.2, -0.15) is 0 Å². The van der Waals surface area contributed by atoms with Crippen LogP contribution in [-0.4, -0.2) is 12.6 Å². The molecule has 0 saturated heterocycles. The highest BCUT2D eigenvalue weighted by Crippen LogP contribution is 2.31. The Labute approximate surface area is 93.7 Å². The number of ether oxygens (including phenoxy) is 1. The first-order valence-electron chi connectivity index (χ1n) is 5.27. The van der Waals surface area contributed by atoms with Gasteiger partial charge in [-0.25, -0.2) is 4.39 Å². The molecule has 0 radical (unpaired) electrons. The molecule has 0 fully saturated rings. The monoisotopic (exact) mass is 220 g/mol. The van der Waals surface area contributed by atoms with Gasteiger partial charge >= 0.3 is 5.97 Å². The largest absolute Gasteiger partial charge is 0.461 e. The van der Waals surface area contributed by atoms with Gasteiger partial charge in [-0.15, -0.1) is 0 Å². The van der Waals surface area contributed by atoms with E-state index in [1.54, 1.807) is 0 Å². The fraction of sp³-hybridized carbons (Fsp3) is 0.308. The first kappa shape index (κ1) is 10.9. The van der Waals surface area contributed by atoms with Gasteiger partial charge in [0.2, 0.25) is 0 Å². The Morgan fingerprint density at radius 2 is 2.12 bits per heavy atom. The number of carbonyl (C=O) groups excluding carboxylic acids is 1. The van der Waals surface area contributed by atoms with Crippen molar-refractivity contribution in [3.8, 4) is 0 Å². The van der Waals surface area contributed by atoms with Gasteiger partial charge in [0.15, 0.2) is 0 Å². The summed E-state index contributed by atoms with van der Waals surface area (Å²) in [6, 6.07) is 7.65. The summed E-state index contributed by atoms with van der Waals surface area (Å²) < 4.78 is 18.5. The lowest BCUT2D eigenvalue weighted by molar-refractivity contribution is -0.139. The average Bonchev–Trinajstić information content (AvgIpc) is 2.27. The van der Waals surface area contributed by atoms with Gasteiger partial charge in [-0.3, -0.25) is 4.79 Å². The zero-order chi connectivity index (χ0) is 11.5. The Bertz CT molecular complexity index is 449. The molecular formula is C13H13FO2. The van der Waals surface area contributed by atoms with Crippen molar-refractivity contribution in [1.29, 1.82) is 0 Å². The second-order valence-corrected chi connectivity index (χ2v) is 3.82. The SMILES string of the molecule is CC(=O)OCC1=C(F)CCc2ccccc21. The number of esters is 1. The molecule has 0 heterocycles. The summed E-state index contributed by atoms with van der Waals surface area (Å²) in [5, 5.41) is 0. The molecule has 0 spiro atoms. The maximum absolute atomic E-state index is 13.7. The molecular weight excluding hydrogens is 207 g/mol. The zero-order valence-electron chi connectivity index (χ0n) is 9.13. The van der Waals surface area contributed by atoms with Gasteiger partial charge in [0.1, 0.15) is 12.4 Å². The summed E-state index contributed by atoms with van der Waals surface area (Å²) in [6.07, 6.45) is 1.11. The third-order valence-corrected chi connectivity index (χ3v) is 2.70. The fourth-order valence-corrected chi connectivity index (χ4v) is 1.90. The number of rotatable bonds is 2. The standard InChI is InChI=1S/C13H13FO2/c1-9(15)16-8-12-11-5-3-2-4-10(11)6-7-13(12)14/h2-5H,6-8H2,1H3. The number of hydrogen-bond acceptors (Lipinski definition) is 2. The normalized spacial score (nSPS) is 14.6. The predicted molar refractivity (Wildman–Crippen MR) is 59.4 cm³/mol. The number of allylic oxidation sites excluding steroid dienone is 1. The topological polar surface area (TPSA) is 26.3 Å². The van der Waals surface area contributed by atoms with Crippen LogP contribution in [0.1, 0.15) is 24.5 Å². The third-order valence-electron chi connectivity index (χ3n) is 2.70. The Morgan fingerprint density at radius 1 is 1.38 bits per heavy atom. The van der Waals surface area contributed by atoms with Gasteiger partial charge in [-0.05, 0) is 17.5 Å². The average molecular weight is 220 g/mol. The molecule has 1 aliphatic carbocycles. The van der Waals surface area contributed by atoms with Crippen LogP contribution in [0.5, 0.6) is 0 Å². The fourth-order valence-electron chi connectivity index (χ4n) is 1.90. The van der Waals surface area contributed by atoms with Crippen molar-refractivity contribution in [2.45, 2.75) is 19.8 Å². The van der Waals surface area contributed by atoms with Crippen LogP contribution < -0.4 is 0 Å². The van der Waals surface area contributed by atoms with E-state index in [0.29, 0.717) is 18.4 Å². The molecule has 2 nitrogen and oxygen atoms in total. The molecule has 84 valence electrons. The molecule has 0 N–H and O–H groups in total. The Balaban J connectivity index is 2.30. The quantitative estimate of drug-likeness (QED) is 0.716. The first-order chi connectivity index (χ1) is 7.68. The summed E-state index contributed by atoms with van der Waals surface area (Å²) in [5.41, 5.74) is 2.50. The van der Waals surface area contributed by atoms with Crippen molar-refractivity contribution in [2.24, 2.45) is 0 Å². The maximum atomic E-state index is 13.7. The molecule has 0 atom stereocenters. The lowest BCUT2D eigenvalue weighted by atomic mass is 9.90. The first-order valence-corrected chi connectivity index (χ1v) is 5.27. The lowest BCUT2D eigenvalue weighted by Crippen LogP contribution is -2.09. The van der Waals surface area contributed by atoms with E-state index >= 15 is 0 Å². The van der Waals surface area contributed by atoms with E-state index in [2.05, 4.69) is 0 Å². The Kier molecular flexibility index (Phi) is 3.04. The smallest absolute Gasteiger partial charge is 0.302 e. The van der Waals surface area contributed by atoms with Gasteiger partial charge < -0.3 is 4.74 Å². The summed E-state index contributed by atoms with van der Waals surface area (Å²) in [4.78, 5) is 10.7. The minimum absolute atomic E-state index is 0.0260. The Morgan fingerprint density at radius 3 is 2.88 bits per heavy atom. The van der Waals surface area contributed by atoms with Gasteiger partial charge in [0.05, 0.1) is 0 Å². The van der Waals surface area contributed by atoms with Crippen LogP contribution in [0.3, 0.4) is 0 Å². The van der Waals surface area contributed by atoms with Crippen molar-refractivity contribution in [3.63, 3.8) is 0 Å². The van der Waals surface area contributed by atoms with Crippen LogP contribution in [0.2, 0.25) is 0 Å². The summed E-state index contributed by atoms with van der Waals surface area (Å²) in [6.45, 7) is 1.35. The number of fused-ring (bicyclic) bond motifs is 1. The van der Waals surface area contributed by atoms with Crippen LogP contribution in [0.15, 0.2) is 30.1 Å². The Hall–Kier alpha value is -1.64. The molecule has 0 aliphatic heterocycles. The third kappa shape index (κ3) is 2.13. The molecule has 1 aromatic rings. The summed E-state index contributed by atoms with van der Waals surface area (Å²) in [7, 11) is 0. The molecule has 0 unspecified atom stereocenters. The van der Waals surface area contributed by atoms with Gasteiger partial charge in [-0.1, -0.05) is 24.3 Å². The molecule has 0 aromatic heterocycles. The second kappa shape index (κ2) is 4.47. The second-order valence-electron chi connectivity index (χ2n) is 3.82. The van der Waals surface area contributed by atoms with Gasteiger partial charge in [0.25, 0.3) is 0 Å². The van der Waals surface area contributed by atoms with E-state index < -0.39 is 0 Å². The van der Waals surface area contributed by atoms with E-state index in [9.17, 15) is 9.18 Å². The van der Waals surface area contributed by atoms with Crippen molar-refractivity contribution in [3.05, 3.63) is 41.2 Å². The van der Waals surface area contributed by atoms with E-state index in [4.69, 9.17) is 4.74 Å². The lowest BCUT2D eigenvalue weighted by Gasteiger charge is -2.18. The molecule has 0 saturated carbocycles. The highest BCUT2D eigenvalue weighted by molar-refractivity contribution is 5.75. The molecule has 3 heteroatoms. The molecule has 16 heavy (non-hydrogen) atoms. The minimum Gasteiger partial charge on any atom is -0.461 e. The highest BCUT2D eigenvalue weighted by Gasteiger charge is 2.19. The number of aryl methyl sites for hydroxylation is 1. The molecule has 1 aliphatic rings. The van der Waals surface area contributed by atoms with Crippen LogP contribution in [0.25, 0.3) is 5.57 Å². The van der Waals surface area contributed by atoms with Gasteiger partial charge in [0, 0.05) is 18.9 Å². The number of carbonyl (C=O) groups is 1. The van der Waals surface area contributed by atoms with Crippen molar-refractivity contribution >= 4 is 11.5 Å². The summed E-state index contributed by atoms with van der Waals surface area (Å²) >= 11 is 0. The van der Waals surface area contributed by atoms with Crippen molar-refractivity contribution in [2.75, 3.05) is 6.61 Å². The number of benzene rings is 1. The minimum atomic E-state index is -0.386. The highest BCUT2D eigenvalue weighted by atomic mass is 19.1. The van der Waals surface area contributed by atoms with E-state index in [-0.39, 0.29) is 18.4 Å². The van der Waals surface area contributed by atoms with E-state index in [1.165, 1.54) is 6.92 Å². The maximum Gasteiger partial charge on any atom is 0.302 e. The van der Waals surface area contributed by atoms with Crippen LogP contribution in [0.4, 0.5) is 4.39 Å². The predicted octanol–water partition coefficient (Wildman–Crippen LogP) is 2.88. The van der Waals surface area contributed by atoms with Crippen LogP contribution >= 0.6 is 0 Å². The van der Waals surface area contributed by atoms with Crippen LogP contribution in [-0.2, 0) is 16.0 Å². The summed E-state index contributed by atoms with van der Waals surface area (Å²) in [5.74, 6) is -0.552. The molecule has 2 rings (SSSR count). The van der Waals surface area contributed by atoms with E-state index in [0.717, 1.165) is 11.1 Å². The van der Waals surface area contributed by atoms with E-state index in [1.807, 2.05) is 24.3 Å². The molecule has 0 amide bonds. The van der Waals surface area contributed by atoms with Crippen LogP contribution in [0, 0.1) is 0 Å². The number of hydrogen-bond donors (Lipinski definition) is 0. The number of halogens is 1. The van der Waals surface area contributed by atoms with Crippen molar-refractivity contribution < 1.29 is 13.9 Å². The molecule has 1 aromatic carbocycles. The van der Waals surface area contributed by atoms with Crippen molar-refractivity contribution in [1.82, 2.24) is 0 Å². The molecule has 0 bridgehead atoms.